The summed E-state index contributed by atoms with van der Waals surface area (Å²) in [6, 6.07) is 7.93. The van der Waals surface area contributed by atoms with Crippen molar-refractivity contribution in [2.75, 3.05) is 19.7 Å². The van der Waals surface area contributed by atoms with Gasteiger partial charge in [-0.3, -0.25) is 9.69 Å². The highest BCUT2D eigenvalue weighted by atomic mass is 16.5. The smallest absolute Gasteiger partial charge is 0.341 e. The third kappa shape index (κ3) is 3.85. The predicted octanol–water partition coefficient (Wildman–Crippen LogP) is 2.52. The molecular formula is C20H28N2O4. The maximum atomic E-state index is 12.1. The van der Waals surface area contributed by atoms with Crippen molar-refractivity contribution in [3.8, 4) is 5.75 Å². The van der Waals surface area contributed by atoms with Gasteiger partial charge >= 0.3 is 5.97 Å². The summed E-state index contributed by atoms with van der Waals surface area (Å²) in [6.45, 7) is 6.40. The Balaban J connectivity index is 1.70. The molecule has 1 aromatic carbocycles. The highest BCUT2D eigenvalue weighted by molar-refractivity contribution is 5.74. The zero-order valence-corrected chi connectivity index (χ0v) is 15.6. The third-order valence-corrected chi connectivity index (χ3v) is 5.87. The van der Waals surface area contributed by atoms with E-state index in [0.29, 0.717) is 11.8 Å². The van der Waals surface area contributed by atoms with E-state index in [4.69, 9.17) is 9.84 Å². The number of carbonyl (C=O) groups is 2. The zero-order chi connectivity index (χ0) is 18.7. The molecule has 6 heteroatoms. The summed E-state index contributed by atoms with van der Waals surface area (Å²) in [7, 11) is 0. The molecule has 1 N–H and O–H groups in total. The Hall–Kier alpha value is -2.08. The Morgan fingerprint density at radius 3 is 2.62 bits per heavy atom. The van der Waals surface area contributed by atoms with E-state index in [2.05, 4.69) is 16.7 Å². The van der Waals surface area contributed by atoms with Crippen LogP contribution in [-0.2, 0) is 16.1 Å². The van der Waals surface area contributed by atoms with Gasteiger partial charge in [0, 0.05) is 31.6 Å². The highest BCUT2D eigenvalue weighted by Gasteiger charge is 2.47. The van der Waals surface area contributed by atoms with Crippen LogP contribution >= 0.6 is 0 Å². The number of hydrogen-bond acceptors (Lipinski definition) is 4. The van der Waals surface area contributed by atoms with Crippen molar-refractivity contribution >= 4 is 11.9 Å². The molecular weight excluding hydrogens is 332 g/mol. The van der Waals surface area contributed by atoms with E-state index in [0.717, 1.165) is 45.3 Å². The van der Waals surface area contributed by atoms with Gasteiger partial charge in [-0.1, -0.05) is 12.1 Å². The van der Waals surface area contributed by atoms with E-state index in [-0.39, 0.29) is 18.1 Å². The minimum absolute atomic E-state index is 0.0145. The fraction of sp³-hybridized carbons (Fsp3) is 0.600. The summed E-state index contributed by atoms with van der Waals surface area (Å²) < 4.78 is 5.20. The maximum absolute atomic E-state index is 12.1. The molecule has 0 aliphatic carbocycles. The third-order valence-electron chi connectivity index (χ3n) is 5.87. The topological polar surface area (TPSA) is 70.1 Å². The number of hydrogen-bond donors (Lipinski definition) is 1. The van der Waals surface area contributed by atoms with Crippen LogP contribution in [0, 0.1) is 0 Å². The van der Waals surface area contributed by atoms with Gasteiger partial charge in [0.1, 0.15) is 5.75 Å². The Labute approximate surface area is 154 Å². The van der Waals surface area contributed by atoms with Crippen molar-refractivity contribution in [2.24, 2.45) is 0 Å². The van der Waals surface area contributed by atoms with Crippen molar-refractivity contribution in [3.63, 3.8) is 0 Å². The van der Waals surface area contributed by atoms with Crippen LogP contribution in [0.2, 0.25) is 0 Å². The second-order valence-electron chi connectivity index (χ2n) is 7.58. The van der Waals surface area contributed by atoms with Crippen molar-refractivity contribution in [2.45, 2.75) is 57.7 Å². The first-order valence-electron chi connectivity index (χ1n) is 9.36. The average Bonchev–Trinajstić information content (AvgIpc) is 2.61. The number of carbonyl (C=O) groups excluding carboxylic acids is 1. The molecule has 2 heterocycles. The number of nitrogens with zero attached hydrogens (tertiary/aromatic N) is 2. The van der Waals surface area contributed by atoms with Crippen LogP contribution in [0.5, 0.6) is 5.75 Å². The number of rotatable bonds is 5. The van der Waals surface area contributed by atoms with Gasteiger partial charge in [-0.05, 0) is 56.8 Å². The van der Waals surface area contributed by atoms with Crippen LogP contribution in [0.15, 0.2) is 24.3 Å². The molecule has 2 atom stereocenters. The molecule has 0 saturated carbocycles. The van der Waals surface area contributed by atoms with Crippen LogP contribution in [0.25, 0.3) is 0 Å². The van der Waals surface area contributed by atoms with E-state index >= 15 is 0 Å². The molecule has 1 amide bonds. The lowest BCUT2D eigenvalue weighted by molar-refractivity contribution is -0.142. The molecule has 0 aromatic heterocycles. The van der Waals surface area contributed by atoms with Gasteiger partial charge in [0.15, 0.2) is 6.61 Å². The summed E-state index contributed by atoms with van der Waals surface area (Å²) >= 11 is 0. The predicted molar refractivity (Wildman–Crippen MR) is 98.0 cm³/mol. The van der Waals surface area contributed by atoms with Gasteiger partial charge < -0.3 is 14.7 Å². The second-order valence-corrected chi connectivity index (χ2v) is 7.58. The summed E-state index contributed by atoms with van der Waals surface area (Å²) in [4.78, 5) is 27.2. The quantitative estimate of drug-likeness (QED) is 0.874. The van der Waals surface area contributed by atoms with Gasteiger partial charge in [-0.25, -0.2) is 4.79 Å². The fourth-order valence-electron chi connectivity index (χ4n) is 4.53. The summed E-state index contributed by atoms with van der Waals surface area (Å²) in [6.07, 6.45) is 4.34. The molecule has 2 aliphatic heterocycles. The molecule has 6 nitrogen and oxygen atoms in total. The standard InChI is InChI=1S/C20H28N2O4/c1-15(23)22-12-4-10-20(2)18(22)5-3-11-21(20)13-16-6-8-17(9-7-16)26-14-19(24)25/h6-9,18H,3-5,10-14H2,1-2H3,(H,24,25)/t18-,20-/m0/s1. The molecule has 2 aliphatic rings. The van der Waals surface area contributed by atoms with Crippen LogP contribution < -0.4 is 4.74 Å². The van der Waals surface area contributed by atoms with E-state index < -0.39 is 5.97 Å². The summed E-state index contributed by atoms with van der Waals surface area (Å²) in [5, 5.41) is 8.69. The number of benzene rings is 1. The molecule has 0 bridgehead atoms. The molecule has 3 rings (SSSR count). The molecule has 0 unspecified atom stereocenters. The Morgan fingerprint density at radius 2 is 1.96 bits per heavy atom. The molecule has 0 spiro atoms. The van der Waals surface area contributed by atoms with Gasteiger partial charge in [-0.15, -0.1) is 0 Å². The van der Waals surface area contributed by atoms with Gasteiger partial charge in [0.05, 0.1) is 0 Å². The van der Waals surface area contributed by atoms with E-state index in [9.17, 15) is 9.59 Å². The summed E-state index contributed by atoms with van der Waals surface area (Å²) in [5.41, 5.74) is 1.19. The number of likely N-dealkylation sites (tertiary alicyclic amines) is 2. The number of ether oxygens (including phenoxy) is 1. The SMILES string of the molecule is CC(=O)N1CCC[C@@]2(C)[C@@H]1CCCN2Cc1ccc(OCC(=O)O)cc1. The molecule has 142 valence electrons. The number of piperidine rings is 2. The number of fused-ring (bicyclic) bond motifs is 1. The van der Waals surface area contributed by atoms with Crippen LogP contribution in [0.3, 0.4) is 0 Å². The van der Waals surface area contributed by atoms with E-state index in [1.54, 1.807) is 6.92 Å². The maximum Gasteiger partial charge on any atom is 0.341 e. The molecule has 0 radical (unpaired) electrons. The second kappa shape index (κ2) is 7.66. The average molecular weight is 360 g/mol. The summed E-state index contributed by atoms with van der Waals surface area (Å²) in [5.74, 6) is -0.226. The molecule has 1 aromatic rings. The number of aliphatic carboxylic acids is 1. The Kier molecular flexibility index (Phi) is 5.51. The monoisotopic (exact) mass is 360 g/mol. The molecule has 26 heavy (non-hydrogen) atoms. The first kappa shape index (κ1) is 18.7. The molecule has 2 fully saturated rings. The lowest BCUT2D eigenvalue weighted by Gasteiger charge is -2.56. The van der Waals surface area contributed by atoms with E-state index in [1.807, 2.05) is 24.3 Å². The highest BCUT2D eigenvalue weighted by Crippen LogP contribution is 2.39. The van der Waals surface area contributed by atoms with Crippen molar-refractivity contribution < 1.29 is 19.4 Å². The zero-order valence-electron chi connectivity index (χ0n) is 15.6. The number of carboxylic acid groups (broad SMARTS) is 1. The van der Waals surface area contributed by atoms with Crippen LogP contribution in [0.4, 0.5) is 0 Å². The van der Waals surface area contributed by atoms with Crippen LogP contribution in [-0.4, -0.2) is 58.1 Å². The number of carboxylic acids is 1. The normalized spacial score (nSPS) is 26.2. The molecule has 2 saturated heterocycles. The van der Waals surface area contributed by atoms with Crippen molar-refractivity contribution in [1.82, 2.24) is 9.80 Å². The Morgan fingerprint density at radius 1 is 1.23 bits per heavy atom. The van der Waals surface area contributed by atoms with Crippen molar-refractivity contribution in [3.05, 3.63) is 29.8 Å². The Bertz CT molecular complexity index is 660. The lowest BCUT2D eigenvalue weighted by Crippen LogP contribution is -2.66. The van der Waals surface area contributed by atoms with E-state index in [1.165, 1.54) is 5.56 Å². The first-order valence-corrected chi connectivity index (χ1v) is 9.36. The minimum Gasteiger partial charge on any atom is -0.482 e. The fourth-order valence-corrected chi connectivity index (χ4v) is 4.53. The first-order chi connectivity index (χ1) is 12.4. The largest absolute Gasteiger partial charge is 0.482 e. The van der Waals surface area contributed by atoms with Gasteiger partial charge in [-0.2, -0.15) is 0 Å². The number of amides is 1. The van der Waals surface area contributed by atoms with Gasteiger partial charge in [0.2, 0.25) is 5.91 Å². The van der Waals surface area contributed by atoms with Crippen molar-refractivity contribution in [1.29, 1.82) is 0 Å². The minimum atomic E-state index is -0.978. The van der Waals surface area contributed by atoms with Crippen LogP contribution in [0.1, 0.15) is 45.1 Å². The van der Waals surface area contributed by atoms with Gasteiger partial charge in [0.25, 0.3) is 0 Å². The lowest BCUT2D eigenvalue weighted by atomic mass is 9.76.